The zero-order valence-electron chi connectivity index (χ0n) is 19.1. The fourth-order valence-corrected chi connectivity index (χ4v) is 5.54. The highest BCUT2D eigenvalue weighted by Gasteiger charge is 2.20. The predicted octanol–water partition coefficient (Wildman–Crippen LogP) is 5.10. The van der Waals surface area contributed by atoms with Gasteiger partial charge in [0.05, 0.1) is 30.5 Å². The molecule has 6 nitrogen and oxygen atoms in total. The van der Waals surface area contributed by atoms with Crippen molar-refractivity contribution in [3.8, 4) is 5.75 Å². The second-order valence-electron chi connectivity index (χ2n) is 7.74. The number of halogens is 2. The molecule has 0 spiro atoms. The fourth-order valence-electron chi connectivity index (χ4n) is 3.67. The number of aromatic nitrogens is 1. The Balaban J connectivity index is 0.00000324. The molecule has 184 valence electrons. The molecule has 0 aliphatic carbocycles. The van der Waals surface area contributed by atoms with E-state index in [9.17, 15) is 9.18 Å². The number of morpholine rings is 1. The topological polar surface area (TPSA) is 54.9 Å². The van der Waals surface area contributed by atoms with E-state index in [2.05, 4.69) is 9.88 Å². The Bertz CT molecular complexity index is 1060. The number of ether oxygens (including phenoxy) is 2. The zero-order valence-corrected chi connectivity index (χ0v) is 21.5. The molecule has 1 fully saturated rings. The van der Waals surface area contributed by atoms with Crippen LogP contribution in [0.1, 0.15) is 12.8 Å². The van der Waals surface area contributed by atoms with E-state index in [1.807, 2.05) is 24.3 Å². The van der Waals surface area contributed by atoms with Crippen LogP contribution in [0.4, 0.5) is 9.52 Å². The van der Waals surface area contributed by atoms with Crippen LogP contribution in [0.25, 0.3) is 10.2 Å². The minimum absolute atomic E-state index is 0. The van der Waals surface area contributed by atoms with E-state index >= 15 is 0 Å². The lowest BCUT2D eigenvalue weighted by molar-refractivity contribution is -0.118. The van der Waals surface area contributed by atoms with Crippen molar-refractivity contribution in [2.45, 2.75) is 17.7 Å². The first-order chi connectivity index (χ1) is 16.1. The van der Waals surface area contributed by atoms with Gasteiger partial charge in [0.15, 0.2) is 5.13 Å². The van der Waals surface area contributed by atoms with Gasteiger partial charge in [-0.25, -0.2) is 9.37 Å². The molecule has 0 saturated carbocycles. The summed E-state index contributed by atoms with van der Waals surface area (Å²) in [5, 5.41) is 0.636. The lowest BCUT2D eigenvalue weighted by Crippen LogP contribution is -2.39. The van der Waals surface area contributed by atoms with E-state index in [4.69, 9.17) is 9.47 Å². The highest BCUT2D eigenvalue weighted by Crippen LogP contribution is 2.30. The van der Waals surface area contributed by atoms with Crippen LogP contribution in [0.5, 0.6) is 5.75 Å². The number of carbonyl (C=O) groups is 1. The molecule has 1 aromatic heterocycles. The van der Waals surface area contributed by atoms with Gasteiger partial charge in [-0.05, 0) is 48.9 Å². The Labute approximate surface area is 213 Å². The highest BCUT2D eigenvalue weighted by atomic mass is 35.5. The third-order valence-corrected chi connectivity index (χ3v) is 7.53. The van der Waals surface area contributed by atoms with Crippen LogP contribution in [0.3, 0.4) is 0 Å². The normalized spacial score (nSPS) is 14.1. The molecule has 0 atom stereocenters. The van der Waals surface area contributed by atoms with Crippen molar-refractivity contribution in [2.24, 2.45) is 0 Å². The van der Waals surface area contributed by atoms with E-state index in [1.54, 1.807) is 29.8 Å². The van der Waals surface area contributed by atoms with Gasteiger partial charge in [0.25, 0.3) is 0 Å². The van der Waals surface area contributed by atoms with Gasteiger partial charge in [-0.2, -0.15) is 0 Å². The predicted molar refractivity (Wildman–Crippen MR) is 139 cm³/mol. The molecule has 0 bridgehead atoms. The molecule has 0 N–H and O–H groups in total. The first kappa shape index (κ1) is 26.7. The molecule has 1 amide bonds. The third kappa shape index (κ3) is 7.29. The van der Waals surface area contributed by atoms with Crippen molar-refractivity contribution < 1.29 is 18.7 Å². The van der Waals surface area contributed by atoms with Crippen LogP contribution < -0.4 is 9.64 Å². The number of amides is 1. The van der Waals surface area contributed by atoms with Gasteiger partial charge in [0.2, 0.25) is 5.91 Å². The molecule has 2 aromatic carbocycles. The summed E-state index contributed by atoms with van der Waals surface area (Å²) in [6.07, 6.45) is 1.25. The largest absolute Gasteiger partial charge is 0.497 e. The summed E-state index contributed by atoms with van der Waals surface area (Å²) in [5.41, 5.74) is 0.718. The second-order valence-corrected chi connectivity index (χ2v) is 9.91. The summed E-state index contributed by atoms with van der Waals surface area (Å²) in [5.74, 6) is 1.23. The number of benzene rings is 2. The molecule has 4 rings (SSSR count). The fraction of sp³-hybridized carbons (Fsp3) is 0.417. The van der Waals surface area contributed by atoms with E-state index < -0.39 is 0 Å². The maximum Gasteiger partial charge on any atom is 0.229 e. The van der Waals surface area contributed by atoms with Crippen LogP contribution in [0.15, 0.2) is 47.4 Å². The maximum atomic E-state index is 13.7. The van der Waals surface area contributed by atoms with E-state index in [-0.39, 0.29) is 24.1 Å². The summed E-state index contributed by atoms with van der Waals surface area (Å²) in [6.45, 7) is 4.86. The average Bonchev–Trinajstić information content (AvgIpc) is 3.25. The molecule has 3 aromatic rings. The van der Waals surface area contributed by atoms with Crippen LogP contribution >= 0.6 is 35.5 Å². The molecular formula is C24H29ClFN3O3S2. The van der Waals surface area contributed by atoms with Crippen LogP contribution in [0.2, 0.25) is 0 Å². The standard InChI is InChI=1S/C24H28FN3O3S2.ClH/c1-30-19-4-6-20(7-5-19)32-16-9-23(29)28(11-2-10-27-12-14-31-15-13-27)24-26-21-8-3-18(25)17-22(21)33-24;/h3-8,17H,2,9-16H2,1H3;1H. The number of methoxy groups -OCH3 is 1. The number of hydrogen-bond acceptors (Lipinski definition) is 7. The number of carbonyl (C=O) groups excluding carboxylic acids is 1. The van der Waals surface area contributed by atoms with Crippen molar-refractivity contribution in [3.63, 3.8) is 0 Å². The number of hydrogen-bond donors (Lipinski definition) is 0. The van der Waals surface area contributed by atoms with Gasteiger partial charge >= 0.3 is 0 Å². The Kier molecular flexibility index (Phi) is 10.4. The highest BCUT2D eigenvalue weighted by molar-refractivity contribution is 7.99. The Morgan fingerprint density at radius 3 is 2.74 bits per heavy atom. The minimum Gasteiger partial charge on any atom is -0.497 e. The zero-order chi connectivity index (χ0) is 23.0. The molecule has 0 radical (unpaired) electrons. The smallest absolute Gasteiger partial charge is 0.229 e. The van der Waals surface area contributed by atoms with Gasteiger partial charge < -0.3 is 9.47 Å². The number of fused-ring (bicyclic) bond motifs is 1. The lowest BCUT2D eigenvalue weighted by atomic mass is 10.3. The summed E-state index contributed by atoms with van der Waals surface area (Å²) in [6, 6.07) is 12.4. The monoisotopic (exact) mass is 525 g/mol. The molecule has 34 heavy (non-hydrogen) atoms. The molecular weight excluding hydrogens is 497 g/mol. The van der Waals surface area contributed by atoms with Gasteiger partial charge in [-0.1, -0.05) is 11.3 Å². The molecule has 0 unspecified atom stereocenters. The molecule has 2 heterocycles. The number of rotatable bonds is 10. The van der Waals surface area contributed by atoms with Crippen LogP contribution in [0, 0.1) is 5.82 Å². The lowest BCUT2D eigenvalue weighted by Gasteiger charge is -2.27. The van der Waals surface area contributed by atoms with Gasteiger partial charge in [-0.3, -0.25) is 14.6 Å². The number of nitrogens with zero attached hydrogens (tertiary/aromatic N) is 3. The van der Waals surface area contributed by atoms with Gasteiger partial charge in [-0.15, -0.1) is 24.2 Å². The number of anilines is 1. The Morgan fingerprint density at radius 2 is 2.00 bits per heavy atom. The molecule has 1 aliphatic heterocycles. The minimum atomic E-state index is -0.293. The average molecular weight is 526 g/mol. The van der Waals surface area contributed by atoms with Crippen molar-refractivity contribution in [2.75, 3.05) is 57.2 Å². The van der Waals surface area contributed by atoms with Gasteiger partial charge in [0, 0.05) is 43.2 Å². The van der Waals surface area contributed by atoms with E-state index in [0.29, 0.717) is 23.8 Å². The van der Waals surface area contributed by atoms with Crippen molar-refractivity contribution in [1.29, 1.82) is 0 Å². The van der Waals surface area contributed by atoms with Gasteiger partial charge in [0.1, 0.15) is 11.6 Å². The molecule has 1 saturated heterocycles. The maximum absolute atomic E-state index is 13.7. The first-order valence-corrected chi connectivity index (χ1v) is 12.9. The number of thioether (sulfide) groups is 1. The SMILES string of the molecule is COc1ccc(SCCC(=O)N(CCCN2CCOCC2)c2nc3ccc(F)cc3s2)cc1.Cl. The van der Waals surface area contributed by atoms with E-state index in [0.717, 1.165) is 60.1 Å². The van der Waals surface area contributed by atoms with Crippen LogP contribution in [-0.2, 0) is 9.53 Å². The Hall–Kier alpha value is -1.91. The third-order valence-electron chi connectivity index (χ3n) is 5.48. The first-order valence-electron chi connectivity index (χ1n) is 11.1. The summed E-state index contributed by atoms with van der Waals surface area (Å²) in [4.78, 5) is 23.1. The number of thiazole rings is 1. The summed E-state index contributed by atoms with van der Waals surface area (Å²) in [7, 11) is 1.64. The van der Waals surface area contributed by atoms with Crippen molar-refractivity contribution >= 4 is 56.8 Å². The van der Waals surface area contributed by atoms with E-state index in [1.165, 1.54) is 23.5 Å². The summed E-state index contributed by atoms with van der Waals surface area (Å²) >= 11 is 3.01. The second kappa shape index (κ2) is 13.3. The summed E-state index contributed by atoms with van der Waals surface area (Å²) < 4.78 is 25.0. The van der Waals surface area contributed by atoms with Crippen molar-refractivity contribution in [3.05, 3.63) is 48.3 Å². The Morgan fingerprint density at radius 1 is 1.24 bits per heavy atom. The van der Waals surface area contributed by atoms with Crippen LogP contribution in [-0.4, -0.2) is 68.0 Å². The van der Waals surface area contributed by atoms with Crippen molar-refractivity contribution in [1.82, 2.24) is 9.88 Å². The quantitative estimate of drug-likeness (QED) is 0.343. The molecule has 10 heteroatoms. The molecule has 1 aliphatic rings.